The lowest BCUT2D eigenvalue weighted by Crippen LogP contribution is -2.40. The highest BCUT2D eigenvalue weighted by molar-refractivity contribution is 6.12. The van der Waals surface area contributed by atoms with Crippen LogP contribution in [0.15, 0.2) is 54.6 Å². The molecule has 2 aromatic rings. The average molecular weight is 663 g/mol. The Bertz CT molecular complexity index is 1680. The Balaban J connectivity index is 0.000000261. The molecule has 0 aromatic heterocycles. The lowest BCUT2D eigenvalue weighted by atomic mass is 9.67. The average Bonchev–Trinajstić information content (AvgIpc) is 2.99. The number of methoxy groups -OCH3 is 1. The summed E-state index contributed by atoms with van der Waals surface area (Å²) in [6, 6.07) is 11.2. The second-order valence-electron chi connectivity index (χ2n) is 12.9. The van der Waals surface area contributed by atoms with Gasteiger partial charge in [-0.2, -0.15) is 0 Å². The van der Waals surface area contributed by atoms with Gasteiger partial charge in [-0.3, -0.25) is 19.2 Å². The van der Waals surface area contributed by atoms with Crippen molar-refractivity contribution in [1.29, 1.82) is 0 Å². The van der Waals surface area contributed by atoms with Gasteiger partial charge in [-0.05, 0) is 96.2 Å². The lowest BCUT2D eigenvalue weighted by molar-refractivity contribution is -0.157. The van der Waals surface area contributed by atoms with Gasteiger partial charge in [-0.25, -0.2) is 9.59 Å². The molecular formula is C37H42O11. The number of allylic oxidation sites excluding steroid dienone is 4. The van der Waals surface area contributed by atoms with Crippen LogP contribution in [0.1, 0.15) is 86.2 Å². The van der Waals surface area contributed by atoms with Crippen molar-refractivity contribution in [3.05, 3.63) is 76.9 Å². The summed E-state index contributed by atoms with van der Waals surface area (Å²) in [5.74, 6) is -5.16. The third kappa shape index (κ3) is 8.26. The molecule has 2 atom stereocenters. The minimum Gasteiger partial charge on any atom is -0.497 e. The molecule has 4 rings (SSSR count). The normalized spacial score (nSPS) is 19.5. The summed E-state index contributed by atoms with van der Waals surface area (Å²) in [7, 11) is 1.49. The van der Waals surface area contributed by atoms with Crippen LogP contribution in [0.25, 0.3) is 11.1 Å². The molecule has 0 fully saturated rings. The molecule has 11 nitrogen and oxygen atoms in total. The van der Waals surface area contributed by atoms with Gasteiger partial charge >= 0.3 is 23.9 Å². The maximum Gasteiger partial charge on any atom is 0.336 e. The van der Waals surface area contributed by atoms with Crippen molar-refractivity contribution >= 4 is 46.6 Å². The van der Waals surface area contributed by atoms with Crippen molar-refractivity contribution < 1.29 is 53.2 Å². The number of hydrogen-bond acceptors (Lipinski definition) is 9. The van der Waals surface area contributed by atoms with E-state index in [-0.39, 0.29) is 35.9 Å². The molecule has 0 bridgehead atoms. The fourth-order valence-electron chi connectivity index (χ4n) is 6.29. The first-order valence-electron chi connectivity index (χ1n) is 15.6. The largest absolute Gasteiger partial charge is 0.497 e. The van der Waals surface area contributed by atoms with Gasteiger partial charge in [0.25, 0.3) is 0 Å². The molecule has 11 heteroatoms. The molecule has 2 aliphatic rings. The van der Waals surface area contributed by atoms with Crippen molar-refractivity contribution in [1.82, 2.24) is 0 Å². The Morgan fingerprint density at radius 2 is 1.15 bits per heavy atom. The van der Waals surface area contributed by atoms with Crippen LogP contribution in [-0.4, -0.2) is 66.0 Å². The smallest absolute Gasteiger partial charge is 0.336 e. The van der Waals surface area contributed by atoms with E-state index in [2.05, 4.69) is 0 Å². The number of benzene rings is 2. The number of rotatable bonds is 9. The van der Waals surface area contributed by atoms with Gasteiger partial charge in [0.15, 0.2) is 11.6 Å². The Morgan fingerprint density at radius 1 is 0.708 bits per heavy atom. The number of carboxylic acid groups (broad SMARTS) is 2. The van der Waals surface area contributed by atoms with Crippen molar-refractivity contribution in [2.75, 3.05) is 20.3 Å². The number of aromatic carboxylic acids is 2. The van der Waals surface area contributed by atoms with E-state index >= 15 is 0 Å². The molecule has 0 amide bonds. The van der Waals surface area contributed by atoms with E-state index in [1.54, 1.807) is 58.0 Å². The summed E-state index contributed by atoms with van der Waals surface area (Å²) in [6.45, 7) is 11.1. The van der Waals surface area contributed by atoms with Crippen LogP contribution in [0, 0.1) is 22.7 Å². The molecule has 0 spiro atoms. The van der Waals surface area contributed by atoms with Gasteiger partial charge in [0.2, 0.25) is 0 Å². The zero-order valence-electron chi connectivity index (χ0n) is 28.2. The molecule has 0 heterocycles. The van der Waals surface area contributed by atoms with Crippen LogP contribution < -0.4 is 4.74 Å². The van der Waals surface area contributed by atoms with E-state index in [0.29, 0.717) is 40.9 Å². The first-order chi connectivity index (χ1) is 22.5. The molecule has 256 valence electrons. The number of carbonyl (C=O) groups is 6. The van der Waals surface area contributed by atoms with Crippen molar-refractivity contribution in [3.63, 3.8) is 0 Å². The molecule has 2 unspecified atom stereocenters. The zero-order valence-corrected chi connectivity index (χ0v) is 28.2. The minimum atomic E-state index is -1.09. The SMILES string of the molecule is CCOC(=O)C1C(=O)C=C(c2cc(OC)ccc2C(=O)O)CC1(C)C.CCOC(=O)C1C(=O)C=C(c2ccccc2C(=O)O)CC1(C)C. The van der Waals surface area contributed by atoms with Gasteiger partial charge < -0.3 is 24.4 Å². The summed E-state index contributed by atoms with van der Waals surface area (Å²) in [4.78, 5) is 72.2. The van der Waals surface area contributed by atoms with E-state index in [9.17, 15) is 39.0 Å². The van der Waals surface area contributed by atoms with Crippen molar-refractivity contribution in [2.45, 2.75) is 54.4 Å². The molecule has 0 saturated heterocycles. The highest BCUT2D eigenvalue weighted by atomic mass is 16.5. The monoisotopic (exact) mass is 662 g/mol. The quantitative estimate of drug-likeness (QED) is 0.242. The van der Waals surface area contributed by atoms with Crippen LogP contribution >= 0.6 is 0 Å². The fraction of sp³-hybridized carbons (Fsp3) is 0.405. The maximum atomic E-state index is 12.6. The van der Waals surface area contributed by atoms with Crippen LogP contribution in [0.3, 0.4) is 0 Å². The third-order valence-corrected chi connectivity index (χ3v) is 8.41. The number of esters is 2. The minimum absolute atomic E-state index is 0.0882. The predicted octanol–water partition coefficient (Wildman–Crippen LogP) is 5.90. The summed E-state index contributed by atoms with van der Waals surface area (Å²) >= 11 is 0. The Hall–Kier alpha value is -5.06. The Labute approximate surface area is 279 Å². The van der Waals surface area contributed by atoms with Gasteiger partial charge in [0.1, 0.15) is 17.6 Å². The van der Waals surface area contributed by atoms with Crippen LogP contribution in [0.4, 0.5) is 0 Å². The highest BCUT2D eigenvalue weighted by Crippen LogP contribution is 2.45. The standard InChI is InChI=1S/C19H22O6.C18H20O5/c1-5-25-18(23)16-15(20)8-11(10-19(16,2)3)14-9-12(24-4)6-7-13(14)17(21)22;1-4-23-17(22)15-14(19)9-11(10-18(15,2)3)12-7-5-6-8-13(12)16(20)21/h6-9,16H,5,10H2,1-4H3,(H,21,22);5-9,15H,4,10H2,1-3H3,(H,20,21). The second-order valence-corrected chi connectivity index (χ2v) is 12.9. The molecular weight excluding hydrogens is 620 g/mol. The zero-order chi connectivity index (χ0) is 36.0. The number of carboxylic acids is 2. The number of ketones is 2. The first kappa shape index (κ1) is 37.4. The van der Waals surface area contributed by atoms with E-state index in [4.69, 9.17) is 14.2 Å². The Kier molecular flexibility index (Phi) is 11.9. The van der Waals surface area contributed by atoms with Gasteiger partial charge in [0, 0.05) is 0 Å². The maximum absolute atomic E-state index is 12.6. The summed E-state index contributed by atoms with van der Waals surface area (Å²) in [5.41, 5.74) is 1.07. The van der Waals surface area contributed by atoms with Gasteiger partial charge in [-0.1, -0.05) is 45.9 Å². The van der Waals surface area contributed by atoms with Gasteiger partial charge in [-0.15, -0.1) is 0 Å². The Morgan fingerprint density at radius 3 is 1.56 bits per heavy atom. The predicted molar refractivity (Wildman–Crippen MR) is 176 cm³/mol. The van der Waals surface area contributed by atoms with Crippen LogP contribution in [0.2, 0.25) is 0 Å². The molecule has 0 saturated carbocycles. The summed E-state index contributed by atoms with van der Waals surface area (Å²) < 4.78 is 15.2. The van der Waals surface area contributed by atoms with Crippen molar-refractivity contribution in [2.24, 2.45) is 22.7 Å². The molecule has 0 aliphatic heterocycles. The lowest BCUT2D eigenvalue weighted by Gasteiger charge is -2.35. The van der Waals surface area contributed by atoms with Gasteiger partial charge in [0.05, 0.1) is 31.5 Å². The van der Waals surface area contributed by atoms with Crippen LogP contribution in [0.5, 0.6) is 5.75 Å². The van der Waals surface area contributed by atoms with E-state index in [1.165, 1.54) is 31.4 Å². The topological polar surface area (TPSA) is 171 Å². The molecule has 2 aromatic carbocycles. The molecule has 0 radical (unpaired) electrons. The summed E-state index contributed by atoms with van der Waals surface area (Å²) in [5, 5.41) is 18.8. The molecule has 2 N–H and O–H groups in total. The summed E-state index contributed by atoms with van der Waals surface area (Å²) in [6.07, 6.45) is 3.53. The first-order valence-corrected chi connectivity index (χ1v) is 15.6. The van der Waals surface area contributed by atoms with E-state index in [0.717, 1.165) is 0 Å². The fourth-order valence-corrected chi connectivity index (χ4v) is 6.29. The van der Waals surface area contributed by atoms with E-state index in [1.807, 2.05) is 13.8 Å². The van der Waals surface area contributed by atoms with E-state index < -0.39 is 46.5 Å². The third-order valence-electron chi connectivity index (χ3n) is 8.41. The number of carbonyl (C=O) groups excluding carboxylic acids is 4. The highest BCUT2D eigenvalue weighted by Gasteiger charge is 2.46. The number of hydrogen-bond donors (Lipinski definition) is 2. The number of ether oxygens (including phenoxy) is 3. The molecule has 48 heavy (non-hydrogen) atoms. The van der Waals surface area contributed by atoms with Crippen LogP contribution in [-0.2, 0) is 28.7 Å². The van der Waals surface area contributed by atoms with Crippen molar-refractivity contribution in [3.8, 4) is 5.75 Å². The molecule has 2 aliphatic carbocycles. The second kappa shape index (κ2) is 15.2.